The molecule has 0 spiro atoms. The number of benzene rings is 1. The lowest BCUT2D eigenvalue weighted by atomic mass is 9.93. The van der Waals surface area contributed by atoms with Crippen LogP contribution in [0.3, 0.4) is 0 Å². The van der Waals surface area contributed by atoms with E-state index in [1.165, 1.54) is 29.5 Å². The SMILES string of the molecule is N#CC(C(=O)c1csc(I)c1)c1cccc(F)c1. The molecule has 1 aromatic carbocycles. The molecule has 0 saturated heterocycles. The second-order valence-electron chi connectivity index (χ2n) is 3.62. The predicted molar refractivity (Wildman–Crippen MR) is 76.1 cm³/mol. The van der Waals surface area contributed by atoms with E-state index < -0.39 is 11.7 Å². The Labute approximate surface area is 121 Å². The monoisotopic (exact) mass is 371 g/mol. The Morgan fingerprint density at radius 3 is 2.78 bits per heavy atom. The maximum Gasteiger partial charge on any atom is 0.185 e. The fourth-order valence-corrected chi connectivity index (χ4v) is 2.91. The van der Waals surface area contributed by atoms with Gasteiger partial charge in [0.1, 0.15) is 11.7 Å². The molecule has 0 amide bonds. The first kappa shape index (κ1) is 13.2. The van der Waals surface area contributed by atoms with Crippen LogP contribution in [0.2, 0.25) is 0 Å². The standard InChI is InChI=1S/C13H7FINOS/c14-10-3-1-2-8(4-10)11(6-16)13(17)9-5-12(15)18-7-9/h1-5,7,11H. The Morgan fingerprint density at radius 2 is 2.22 bits per heavy atom. The van der Waals surface area contributed by atoms with Gasteiger partial charge in [-0.15, -0.1) is 11.3 Å². The molecule has 18 heavy (non-hydrogen) atoms. The van der Waals surface area contributed by atoms with Crippen molar-refractivity contribution in [2.45, 2.75) is 5.92 Å². The average Bonchev–Trinajstić information content (AvgIpc) is 2.77. The van der Waals surface area contributed by atoms with Gasteiger partial charge < -0.3 is 0 Å². The van der Waals surface area contributed by atoms with Crippen LogP contribution in [0.4, 0.5) is 4.39 Å². The Kier molecular flexibility index (Phi) is 4.09. The first-order valence-corrected chi connectivity index (χ1v) is 7.01. The van der Waals surface area contributed by atoms with Crippen molar-refractivity contribution in [1.82, 2.24) is 0 Å². The zero-order valence-corrected chi connectivity index (χ0v) is 12.0. The summed E-state index contributed by atoms with van der Waals surface area (Å²) in [4.78, 5) is 12.2. The molecule has 0 saturated carbocycles. The smallest absolute Gasteiger partial charge is 0.185 e. The number of hydrogen-bond acceptors (Lipinski definition) is 3. The zero-order chi connectivity index (χ0) is 13.1. The van der Waals surface area contributed by atoms with Crippen LogP contribution in [0.5, 0.6) is 0 Å². The highest BCUT2D eigenvalue weighted by atomic mass is 127. The number of nitrogens with zero attached hydrogens (tertiary/aromatic N) is 1. The Bertz CT molecular complexity index is 632. The van der Waals surface area contributed by atoms with Crippen molar-refractivity contribution in [1.29, 1.82) is 5.26 Å². The van der Waals surface area contributed by atoms with Crippen LogP contribution in [0.1, 0.15) is 21.8 Å². The molecule has 1 atom stereocenters. The molecular formula is C13H7FINOS. The lowest BCUT2D eigenvalue weighted by molar-refractivity contribution is 0.0979. The number of carbonyl (C=O) groups is 1. The number of nitriles is 1. The van der Waals surface area contributed by atoms with Gasteiger partial charge in [-0.25, -0.2) is 4.39 Å². The van der Waals surface area contributed by atoms with Crippen LogP contribution >= 0.6 is 33.9 Å². The molecule has 5 heteroatoms. The van der Waals surface area contributed by atoms with E-state index in [-0.39, 0.29) is 5.78 Å². The summed E-state index contributed by atoms with van der Waals surface area (Å²) in [5.41, 5.74) is 0.893. The van der Waals surface area contributed by atoms with Gasteiger partial charge in [0.05, 0.1) is 8.95 Å². The van der Waals surface area contributed by atoms with Crippen LogP contribution in [-0.2, 0) is 0 Å². The second kappa shape index (κ2) is 5.59. The minimum atomic E-state index is -0.953. The molecule has 0 fully saturated rings. The van der Waals surface area contributed by atoms with Gasteiger partial charge in [-0.1, -0.05) is 12.1 Å². The van der Waals surface area contributed by atoms with E-state index in [1.807, 2.05) is 6.07 Å². The maximum atomic E-state index is 13.1. The molecule has 90 valence electrons. The summed E-state index contributed by atoms with van der Waals surface area (Å²) in [7, 11) is 0. The molecular weight excluding hydrogens is 364 g/mol. The van der Waals surface area contributed by atoms with Gasteiger partial charge in [-0.05, 0) is 46.4 Å². The summed E-state index contributed by atoms with van der Waals surface area (Å²) in [5.74, 6) is -1.69. The third kappa shape index (κ3) is 2.76. The molecule has 0 N–H and O–H groups in total. The Hall–Kier alpha value is -1.26. The van der Waals surface area contributed by atoms with Gasteiger partial charge in [0.15, 0.2) is 5.78 Å². The van der Waals surface area contributed by atoms with Crippen molar-refractivity contribution >= 4 is 39.7 Å². The van der Waals surface area contributed by atoms with E-state index in [9.17, 15) is 9.18 Å². The molecule has 2 rings (SSSR count). The Balaban J connectivity index is 2.35. The summed E-state index contributed by atoms with van der Waals surface area (Å²) < 4.78 is 14.1. The third-order valence-electron chi connectivity index (χ3n) is 2.43. The highest BCUT2D eigenvalue weighted by Crippen LogP contribution is 2.24. The van der Waals surface area contributed by atoms with Gasteiger partial charge in [0.25, 0.3) is 0 Å². The van der Waals surface area contributed by atoms with E-state index in [0.29, 0.717) is 11.1 Å². The number of rotatable bonds is 3. The fraction of sp³-hybridized carbons (Fsp3) is 0.0769. The van der Waals surface area contributed by atoms with Gasteiger partial charge in [0.2, 0.25) is 0 Å². The fourth-order valence-electron chi connectivity index (χ4n) is 1.58. The van der Waals surface area contributed by atoms with E-state index >= 15 is 0 Å². The quantitative estimate of drug-likeness (QED) is 0.605. The van der Waals surface area contributed by atoms with Crippen LogP contribution in [0.25, 0.3) is 0 Å². The van der Waals surface area contributed by atoms with Crippen molar-refractivity contribution in [3.05, 3.63) is 55.5 Å². The number of halogens is 2. The van der Waals surface area contributed by atoms with Crippen molar-refractivity contribution < 1.29 is 9.18 Å². The number of ketones is 1. The van der Waals surface area contributed by atoms with Gasteiger partial charge >= 0.3 is 0 Å². The summed E-state index contributed by atoms with van der Waals surface area (Å²) >= 11 is 3.55. The number of Topliss-reactive ketones (excluding diaryl/α,β-unsaturated/α-hetero) is 1. The van der Waals surface area contributed by atoms with E-state index in [4.69, 9.17) is 5.26 Å². The number of hydrogen-bond donors (Lipinski definition) is 0. The van der Waals surface area contributed by atoms with Crippen LogP contribution < -0.4 is 0 Å². The van der Waals surface area contributed by atoms with Crippen molar-refractivity contribution in [2.75, 3.05) is 0 Å². The minimum Gasteiger partial charge on any atom is -0.292 e. The first-order chi connectivity index (χ1) is 8.61. The molecule has 2 aromatic rings. The number of carbonyl (C=O) groups excluding carboxylic acids is 1. The van der Waals surface area contributed by atoms with E-state index in [1.54, 1.807) is 17.5 Å². The summed E-state index contributed by atoms with van der Waals surface area (Å²) in [6, 6.07) is 9.27. The second-order valence-corrected chi connectivity index (χ2v) is 6.43. The van der Waals surface area contributed by atoms with Gasteiger partial charge in [0, 0.05) is 10.9 Å². The third-order valence-corrected chi connectivity index (χ3v) is 4.21. The molecule has 0 bridgehead atoms. The van der Waals surface area contributed by atoms with Gasteiger partial charge in [-0.3, -0.25) is 4.79 Å². The lowest BCUT2D eigenvalue weighted by Crippen LogP contribution is -2.10. The van der Waals surface area contributed by atoms with Crippen molar-refractivity contribution in [2.24, 2.45) is 0 Å². The van der Waals surface area contributed by atoms with Crippen molar-refractivity contribution in [3.63, 3.8) is 0 Å². The molecule has 0 aliphatic heterocycles. The molecule has 0 aliphatic carbocycles. The van der Waals surface area contributed by atoms with Crippen LogP contribution in [0, 0.1) is 20.0 Å². The first-order valence-electron chi connectivity index (χ1n) is 5.05. The topological polar surface area (TPSA) is 40.9 Å². The van der Waals surface area contributed by atoms with Crippen LogP contribution in [0.15, 0.2) is 35.7 Å². The minimum absolute atomic E-state index is 0.290. The van der Waals surface area contributed by atoms with Gasteiger partial charge in [-0.2, -0.15) is 5.26 Å². The van der Waals surface area contributed by atoms with E-state index in [0.717, 1.165) is 2.88 Å². The number of thiophene rings is 1. The summed E-state index contributed by atoms with van der Waals surface area (Å²) in [6.45, 7) is 0. The maximum absolute atomic E-state index is 13.1. The lowest BCUT2D eigenvalue weighted by Gasteiger charge is -2.07. The Morgan fingerprint density at radius 1 is 1.44 bits per heavy atom. The highest BCUT2D eigenvalue weighted by molar-refractivity contribution is 14.1. The predicted octanol–water partition coefficient (Wildman–Crippen LogP) is 3.98. The molecule has 1 heterocycles. The molecule has 0 aliphatic rings. The molecule has 0 radical (unpaired) electrons. The summed E-state index contributed by atoms with van der Waals surface area (Å²) in [6.07, 6.45) is 0. The average molecular weight is 371 g/mol. The normalized spacial score (nSPS) is 11.8. The largest absolute Gasteiger partial charge is 0.292 e. The zero-order valence-electron chi connectivity index (χ0n) is 9.06. The van der Waals surface area contributed by atoms with Crippen molar-refractivity contribution in [3.8, 4) is 6.07 Å². The van der Waals surface area contributed by atoms with Crippen LogP contribution in [-0.4, -0.2) is 5.78 Å². The molecule has 2 nitrogen and oxygen atoms in total. The molecule has 1 aromatic heterocycles. The highest BCUT2D eigenvalue weighted by Gasteiger charge is 2.22. The summed E-state index contributed by atoms with van der Waals surface area (Å²) in [5, 5.41) is 10.8. The van der Waals surface area contributed by atoms with E-state index in [2.05, 4.69) is 22.6 Å². The molecule has 1 unspecified atom stereocenters.